The molecule has 110 valence electrons. The lowest BCUT2D eigenvalue weighted by atomic mass is 10.2. The molecule has 0 radical (unpaired) electrons. The first-order chi connectivity index (χ1) is 10.0. The molecule has 0 saturated heterocycles. The predicted octanol–water partition coefficient (Wildman–Crippen LogP) is 3.66. The third-order valence-electron chi connectivity index (χ3n) is 2.91. The second-order valence-corrected chi connectivity index (χ2v) is 5.75. The molecule has 0 saturated carbocycles. The molecule has 0 fully saturated rings. The predicted molar refractivity (Wildman–Crippen MR) is 85.5 cm³/mol. The number of nitrogens with zero attached hydrogens (tertiary/aromatic N) is 1. The van der Waals surface area contributed by atoms with Gasteiger partial charge in [-0.25, -0.2) is 4.39 Å². The molecule has 0 aliphatic carbocycles. The van der Waals surface area contributed by atoms with E-state index in [2.05, 4.69) is 21.2 Å². The molecule has 0 heterocycles. The summed E-state index contributed by atoms with van der Waals surface area (Å²) in [6.07, 6.45) is 0. The Bertz CT molecular complexity index is 619. The Morgan fingerprint density at radius 3 is 2.62 bits per heavy atom. The third-order valence-corrected chi connectivity index (χ3v) is 3.41. The lowest BCUT2D eigenvalue weighted by molar-refractivity contribution is -0.117. The van der Waals surface area contributed by atoms with Crippen molar-refractivity contribution >= 4 is 27.5 Å². The maximum atomic E-state index is 13.6. The van der Waals surface area contributed by atoms with Gasteiger partial charge in [-0.3, -0.25) is 9.69 Å². The fraction of sp³-hybridized carbons (Fsp3) is 0.188. The molecular weight excluding hydrogens is 335 g/mol. The number of amides is 1. The van der Waals surface area contributed by atoms with Crippen LogP contribution in [0, 0.1) is 5.82 Å². The number of hydrogen-bond acceptors (Lipinski definition) is 2. The topological polar surface area (TPSA) is 32.3 Å². The normalized spacial score (nSPS) is 10.7. The van der Waals surface area contributed by atoms with E-state index in [9.17, 15) is 9.18 Å². The first-order valence-corrected chi connectivity index (χ1v) is 7.31. The molecule has 0 spiro atoms. The second-order valence-electron chi connectivity index (χ2n) is 4.83. The van der Waals surface area contributed by atoms with E-state index in [1.807, 2.05) is 42.3 Å². The van der Waals surface area contributed by atoms with Gasteiger partial charge >= 0.3 is 0 Å². The van der Waals surface area contributed by atoms with Gasteiger partial charge in [0.15, 0.2) is 0 Å². The van der Waals surface area contributed by atoms with Crippen LogP contribution in [-0.4, -0.2) is 24.4 Å². The Morgan fingerprint density at radius 2 is 1.95 bits per heavy atom. The van der Waals surface area contributed by atoms with Gasteiger partial charge in [0, 0.05) is 11.0 Å². The van der Waals surface area contributed by atoms with E-state index in [0.29, 0.717) is 11.0 Å². The van der Waals surface area contributed by atoms with Crippen LogP contribution in [0.4, 0.5) is 10.1 Å². The number of hydrogen-bond donors (Lipinski definition) is 1. The summed E-state index contributed by atoms with van der Waals surface area (Å²) in [6, 6.07) is 14.4. The zero-order valence-electron chi connectivity index (χ0n) is 11.6. The fourth-order valence-corrected chi connectivity index (χ4v) is 2.31. The van der Waals surface area contributed by atoms with Crippen molar-refractivity contribution in [3.63, 3.8) is 0 Å². The summed E-state index contributed by atoms with van der Waals surface area (Å²) in [5.74, 6) is -0.696. The van der Waals surface area contributed by atoms with Crippen LogP contribution < -0.4 is 5.32 Å². The van der Waals surface area contributed by atoms with Crippen molar-refractivity contribution in [1.82, 2.24) is 4.90 Å². The molecule has 2 rings (SSSR count). The van der Waals surface area contributed by atoms with Gasteiger partial charge < -0.3 is 5.32 Å². The van der Waals surface area contributed by atoms with E-state index >= 15 is 0 Å². The molecule has 5 heteroatoms. The molecule has 0 aliphatic heterocycles. The summed E-state index contributed by atoms with van der Waals surface area (Å²) >= 11 is 3.18. The lowest BCUT2D eigenvalue weighted by Gasteiger charge is -2.16. The van der Waals surface area contributed by atoms with Crippen molar-refractivity contribution in [2.24, 2.45) is 0 Å². The largest absolute Gasteiger partial charge is 0.322 e. The second kappa shape index (κ2) is 7.33. The molecule has 2 aromatic rings. The average molecular weight is 351 g/mol. The number of nitrogens with one attached hydrogen (secondary N) is 1. The molecule has 0 atom stereocenters. The summed E-state index contributed by atoms with van der Waals surface area (Å²) in [6.45, 7) is 0.863. The molecule has 2 aromatic carbocycles. The fourth-order valence-electron chi connectivity index (χ4n) is 1.98. The van der Waals surface area contributed by atoms with Crippen molar-refractivity contribution in [1.29, 1.82) is 0 Å². The van der Waals surface area contributed by atoms with E-state index in [1.165, 1.54) is 12.1 Å². The minimum Gasteiger partial charge on any atom is -0.322 e. The summed E-state index contributed by atoms with van der Waals surface area (Å²) in [4.78, 5) is 13.8. The van der Waals surface area contributed by atoms with Crippen molar-refractivity contribution < 1.29 is 9.18 Å². The summed E-state index contributed by atoms with van der Waals surface area (Å²) in [5.41, 5.74) is 1.32. The molecule has 21 heavy (non-hydrogen) atoms. The van der Waals surface area contributed by atoms with Gasteiger partial charge in [-0.2, -0.15) is 0 Å². The highest BCUT2D eigenvalue weighted by Gasteiger charge is 2.10. The van der Waals surface area contributed by atoms with E-state index < -0.39 is 5.82 Å². The number of rotatable bonds is 5. The third kappa shape index (κ3) is 4.95. The standard InChI is InChI=1S/C16H16BrFN2O/c1-20(10-12-5-3-2-4-6-12)11-16(21)19-15-8-7-13(17)9-14(15)18/h2-9H,10-11H2,1H3,(H,19,21). The SMILES string of the molecule is CN(CC(=O)Nc1ccc(Br)cc1F)Cc1ccccc1. The summed E-state index contributed by atoms with van der Waals surface area (Å²) < 4.78 is 14.3. The van der Waals surface area contributed by atoms with Crippen LogP contribution in [0.15, 0.2) is 53.0 Å². The van der Waals surface area contributed by atoms with Gasteiger partial charge in [0.2, 0.25) is 5.91 Å². The Labute approximate surface area is 131 Å². The number of anilines is 1. The smallest absolute Gasteiger partial charge is 0.238 e. The number of benzene rings is 2. The van der Waals surface area contributed by atoms with E-state index in [4.69, 9.17) is 0 Å². The van der Waals surface area contributed by atoms with Gasteiger partial charge in [-0.15, -0.1) is 0 Å². The lowest BCUT2D eigenvalue weighted by Crippen LogP contribution is -2.30. The highest BCUT2D eigenvalue weighted by Crippen LogP contribution is 2.19. The minimum absolute atomic E-state index is 0.191. The highest BCUT2D eigenvalue weighted by molar-refractivity contribution is 9.10. The Kier molecular flexibility index (Phi) is 5.47. The van der Waals surface area contributed by atoms with Gasteiger partial charge in [-0.1, -0.05) is 46.3 Å². The van der Waals surface area contributed by atoms with Gasteiger partial charge in [0.05, 0.1) is 12.2 Å². The Hall–Kier alpha value is -1.72. The molecule has 1 amide bonds. The average Bonchev–Trinajstić information content (AvgIpc) is 2.43. The molecule has 1 N–H and O–H groups in total. The van der Waals surface area contributed by atoms with Crippen LogP contribution in [0.3, 0.4) is 0 Å². The van der Waals surface area contributed by atoms with Crippen LogP contribution in [0.25, 0.3) is 0 Å². The van der Waals surface area contributed by atoms with Crippen LogP contribution >= 0.6 is 15.9 Å². The maximum absolute atomic E-state index is 13.6. The first kappa shape index (κ1) is 15.7. The summed E-state index contributed by atoms with van der Waals surface area (Å²) in [7, 11) is 1.85. The number of likely N-dealkylation sites (N-methyl/N-ethyl adjacent to an activating group) is 1. The molecule has 3 nitrogen and oxygen atoms in total. The van der Waals surface area contributed by atoms with E-state index in [1.54, 1.807) is 6.07 Å². The van der Waals surface area contributed by atoms with Crippen LogP contribution in [0.5, 0.6) is 0 Å². The number of carbonyl (C=O) groups is 1. The van der Waals surface area contributed by atoms with Crippen LogP contribution in [0.2, 0.25) is 0 Å². The van der Waals surface area contributed by atoms with E-state index in [-0.39, 0.29) is 18.1 Å². The Balaban J connectivity index is 1.89. The highest BCUT2D eigenvalue weighted by atomic mass is 79.9. The van der Waals surface area contributed by atoms with Crippen molar-refractivity contribution in [2.45, 2.75) is 6.54 Å². The maximum Gasteiger partial charge on any atom is 0.238 e. The molecular formula is C16H16BrFN2O. The number of carbonyl (C=O) groups excluding carboxylic acids is 1. The van der Waals surface area contributed by atoms with Gasteiger partial charge in [-0.05, 0) is 30.8 Å². The monoisotopic (exact) mass is 350 g/mol. The van der Waals surface area contributed by atoms with Crippen LogP contribution in [-0.2, 0) is 11.3 Å². The number of halogens is 2. The van der Waals surface area contributed by atoms with Crippen molar-refractivity contribution in [3.05, 3.63) is 64.4 Å². The van der Waals surface area contributed by atoms with Gasteiger partial charge in [0.1, 0.15) is 5.82 Å². The zero-order chi connectivity index (χ0) is 15.2. The molecule has 0 aromatic heterocycles. The van der Waals surface area contributed by atoms with E-state index in [0.717, 1.165) is 5.56 Å². The van der Waals surface area contributed by atoms with Crippen molar-refractivity contribution in [2.75, 3.05) is 18.9 Å². The summed E-state index contributed by atoms with van der Waals surface area (Å²) in [5, 5.41) is 2.58. The molecule has 0 aliphatic rings. The van der Waals surface area contributed by atoms with Gasteiger partial charge in [0.25, 0.3) is 0 Å². The quantitative estimate of drug-likeness (QED) is 0.892. The minimum atomic E-state index is -0.455. The Morgan fingerprint density at radius 1 is 1.24 bits per heavy atom. The van der Waals surface area contributed by atoms with Crippen LogP contribution in [0.1, 0.15) is 5.56 Å². The first-order valence-electron chi connectivity index (χ1n) is 6.52. The molecule has 0 unspecified atom stereocenters. The van der Waals surface area contributed by atoms with Crippen molar-refractivity contribution in [3.8, 4) is 0 Å². The zero-order valence-corrected chi connectivity index (χ0v) is 13.2. The molecule has 0 bridgehead atoms.